The number of hydrogen-bond acceptors (Lipinski definition) is 3. The molecule has 0 bridgehead atoms. The van der Waals surface area contributed by atoms with Crippen molar-refractivity contribution in [2.45, 2.75) is 6.04 Å². The van der Waals surface area contributed by atoms with E-state index in [1.807, 2.05) is 20.2 Å². The van der Waals surface area contributed by atoms with Gasteiger partial charge in [0.2, 0.25) is 0 Å². The fraction of sp³-hybridized carbons (Fsp3) is 0.385. The summed E-state index contributed by atoms with van der Waals surface area (Å²) in [4.78, 5) is 2.08. The lowest BCUT2D eigenvalue weighted by molar-refractivity contribution is 0.577. The predicted octanol–water partition coefficient (Wildman–Crippen LogP) is 1.53. The second-order valence-corrected chi connectivity index (χ2v) is 3.97. The third-order valence-electron chi connectivity index (χ3n) is 2.56. The Labute approximate surface area is 97.9 Å². The third kappa shape index (κ3) is 3.36. The number of rotatable bonds is 6. The maximum absolute atomic E-state index is 5.74. The van der Waals surface area contributed by atoms with Crippen LogP contribution in [0.5, 0.6) is 0 Å². The molecule has 0 aliphatic rings. The highest BCUT2D eigenvalue weighted by Gasteiger charge is 2.07. The van der Waals surface area contributed by atoms with Crippen LogP contribution >= 0.6 is 0 Å². The van der Waals surface area contributed by atoms with E-state index in [-0.39, 0.29) is 6.04 Å². The van der Waals surface area contributed by atoms with Crippen LogP contribution in [0.3, 0.4) is 0 Å². The van der Waals surface area contributed by atoms with Crippen molar-refractivity contribution in [2.24, 2.45) is 5.73 Å². The average molecular weight is 219 g/mol. The van der Waals surface area contributed by atoms with Crippen LogP contribution < -0.4 is 16.0 Å². The van der Waals surface area contributed by atoms with Gasteiger partial charge in [-0.1, -0.05) is 18.2 Å². The van der Waals surface area contributed by atoms with Crippen molar-refractivity contribution in [1.29, 1.82) is 0 Å². The first-order chi connectivity index (χ1) is 7.69. The first-order valence-corrected chi connectivity index (χ1v) is 5.50. The Morgan fingerprint density at radius 3 is 2.44 bits per heavy atom. The van der Waals surface area contributed by atoms with Crippen molar-refractivity contribution in [3.8, 4) is 0 Å². The van der Waals surface area contributed by atoms with E-state index < -0.39 is 0 Å². The minimum Gasteiger partial charge on any atom is -0.378 e. The summed E-state index contributed by atoms with van der Waals surface area (Å²) < 4.78 is 0. The molecule has 3 heteroatoms. The molecule has 0 aromatic heterocycles. The number of nitrogens with one attached hydrogen (secondary N) is 1. The van der Waals surface area contributed by atoms with Gasteiger partial charge < -0.3 is 16.0 Å². The fourth-order valence-corrected chi connectivity index (χ4v) is 1.57. The van der Waals surface area contributed by atoms with E-state index in [4.69, 9.17) is 5.73 Å². The highest BCUT2D eigenvalue weighted by atomic mass is 15.1. The van der Waals surface area contributed by atoms with E-state index in [0.29, 0.717) is 6.54 Å². The number of anilines is 1. The van der Waals surface area contributed by atoms with Crippen molar-refractivity contribution in [3.63, 3.8) is 0 Å². The molecular weight excluding hydrogens is 198 g/mol. The zero-order chi connectivity index (χ0) is 12.0. The minimum atomic E-state index is 0.203. The standard InChI is InChI=1S/C13H21N3/c1-4-9-15-13(10-14)11-5-7-12(8-6-11)16(2)3/h4-8,13,15H,1,9-10,14H2,2-3H3. The normalized spacial score (nSPS) is 12.2. The second-order valence-electron chi connectivity index (χ2n) is 3.97. The van der Waals surface area contributed by atoms with Crippen molar-refractivity contribution >= 4 is 5.69 Å². The van der Waals surface area contributed by atoms with E-state index in [1.54, 1.807) is 0 Å². The smallest absolute Gasteiger partial charge is 0.0446 e. The average Bonchev–Trinajstić information content (AvgIpc) is 2.30. The summed E-state index contributed by atoms with van der Waals surface area (Å²) in [7, 11) is 4.07. The van der Waals surface area contributed by atoms with Crippen molar-refractivity contribution in [3.05, 3.63) is 42.5 Å². The Balaban J connectivity index is 2.73. The van der Waals surface area contributed by atoms with Gasteiger partial charge in [-0.2, -0.15) is 0 Å². The predicted molar refractivity (Wildman–Crippen MR) is 70.8 cm³/mol. The molecule has 0 aliphatic carbocycles. The Morgan fingerprint density at radius 1 is 1.38 bits per heavy atom. The van der Waals surface area contributed by atoms with E-state index in [2.05, 4.69) is 41.1 Å². The molecule has 0 saturated carbocycles. The van der Waals surface area contributed by atoms with Crippen molar-refractivity contribution < 1.29 is 0 Å². The Morgan fingerprint density at radius 2 is 2.00 bits per heavy atom. The molecule has 1 aromatic rings. The molecule has 0 spiro atoms. The maximum atomic E-state index is 5.74. The zero-order valence-corrected chi connectivity index (χ0v) is 10.1. The molecule has 1 rings (SSSR count). The van der Waals surface area contributed by atoms with E-state index in [9.17, 15) is 0 Å². The first-order valence-electron chi connectivity index (χ1n) is 5.50. The summed E-state index contributed by atoms with van der Waals surface area (Å²) in [5.74, 6) is 0. The second kappa shape index (κ2) is 6.30. The molecule has 1 unspecified atom stereocenters. The van der Waals surface area contributed by atoms with Gasteiger partial charge in [-0.15, -0.1) is 6.58 Å². The van der Waals surface area contributed by atoms with Gasteiger partial charge in [0.1, 0.15) is 0 Å². The van der Waals surface area contributed by atoms with Crippen LogP contribution in [-0.4, -0.2) is 27.2 Å². The lowest BCUT2D eigenvalue weighted by Gasteiger charge is -2.18. The van der Waals surface area contributed by atoms with Gasteiger partial charge in [-0.05, 0) is 17.7 Å². The van der Waals surface area contributed by atoms with Crippen LogP contribution in [0.2, 0.25) is 0 Å². The number of hydrogen-bond donors (Lipinski definition) is 2. The molecule has 88 valence electrons. The lowest BCUT2D eigenvalue weighted by atomic mass is 10.1. The van der Waals surface area contributed by atoms with Crippen LogP contribution in [0.25, 0.3) is 0 Å². The van der Waals surface area contributed by atoms with Gasteiger partial charge in [-0.3, -0.25) is 0 Å². The summed E-state index contributed by atoms with van der Waals surface area (Å²) >= 11 is 0. The van der Waals surface area contributed by atoms with Crippen LogP contribution in [0.1, 0.15) is 11.6 Å². The Kier molecular flexibility index (Phi) is 5.02. The molecule has 3 N–H and O–H groups in total. The molecule has 0 fully saturated rings. The quantitative estimate of drug-likeness (QED) is 0.713. The molecule has 0 amide bonds. The van der Waals surface area contributed by atoms with E-state index in [0.717, 1.165) is 6.54 Å². The Hall–Kier alpha value is -1.32. The summed E-state index contributed by atoms with van der Waals surface area (Å²) in [6.45, 7) is 5.06. The summed E-state index contributed by atoms with van der Waals surface area (Å²) in [6, 6.07) is 8.64. The largest absolute Gasteiger partial charge is 0.378 e. The monoisotopic (exact) mass is 219 g/mol. The van der Waals surface area contributed by atoms with Crippen molar-refractivity contribution in [2.75, 3.05) is 32.1 Å². The number of nitrogens with two attached hydrogens (primary N) is 1. The Bertz CT molecular complexity index is 316. The van der Waals surface area contributed by atoms with Crippen LogP contribution in [0.15, 0.2) is 36.9 Å². The maximum Gasteiger partial charge on any atom is 0.0446 e. The van der Waals surface area contributed by atoms with Crippen LogP contribution in [0, 0.1) is 0 Å². The lowest BCUT2D eigenvalue weighted by Crippen LogP contribution is -2.28. The molecule has 1 atom stereocenters. The summed E-state index contributed by atoms with van der Waals surface area (Å²) in [5.41, 5.74) is 8.15. The molecule has 0 aliphatic heterocycles. The van der Waals surface area contributed by atoms with Gasteiger partial charge >= 0.3 is 0 Å². The molecule has 3 nitrogen and oxygen atoms in total. The fourth-order valence-electron chi connectivity index (χ4n) is 1.57. The minimum absolute atomic E-state index is 0.203. The van der Waals surface area contributed by atoms with Crippen LogP contribution in [-0.2, 0) is 0 Å². The van der Waals surface area contributed by atoms with Gasteiger partial charge in [0.05, 0.1) is 0 Å². The molecule has 0 heterocycles. The third-order valence-corrected chi connectivity index (χ3v) is 2.56. The molecule has 16 heavy (non-hydrogen) atoms. The van der Waals surface area contributed by atoms with Gasteiger partial charge in [0, 0.05) is 38.9 Å². The van der Waals surface area contributed by atoms with E-state index >= 15 is 0 Å². The van der Waals surface area contributed by atoms with E-state index in [1.165, 1.54) is 11.3 Å². The van der Waals surface area contributed by atoms with Crippen LogP contribution in [0.4, 0.5) is 5.69 Å². The zero-order valence-electron chi connectivity index (χ0n) is 10.1. The summed E-state index contributed by atoms with van der Waals surface area (Å²) in [5, 5.41) is 3.33. The summed E-state index contributed by atoms with van der Waals surface area (Å²) in [6.07, 6.45) is 1.84. The molecule has 1 aromatic carbocycles. The highest BCUT2D eigenvalue weighted by molar-refractivity contribution is 5.46. The van der Waals surface area contributed by atoms with Gasteiger partial charge in [-0.25, -0.2) is 0 Å². The highest BCUT2D eigenvalue weighted by Crippen LogP contribution is 2.17. The number of nitrogens with zero attached hydrogens (tertiary/aromatic N) is 1. The molecule has 0 saturated heterocycles. The number of benzene rings is 1. The van der Waals surface area contributed by atoms with Gasteiger partial charge in [0.25, 0.3) is 0 Å². The molecule has 0 radical (unpaired) electrons. The SMILES string of the molecule is C=CCNC(CN)c1ccc(N(C)C)cc1. The van der Waals surface area contributed by atoms with Gasteiger partial charge in [0.15, 0.2) is 0 Å². The molecular formula is C13H21N3. The van der Waals surface area contributed by atoms with Crippen molar-refractivity contribution in [1.82, 2.24) is 5.32 Å². The first kappa shape index (κ1) is 12.7. The topological polar surface area (TPSA) is 41.3 Å².